The van der Waals surface area contributed by atoms with Crippen molar-refractivity contribution in [2.75, 3.05) is 0 Å². The number of aromatic hydroxyl groups is 8. The zero-order valence-corrected chi connectivity index (χ0v) is 20.9. The first-order valence-corrected chi connectivity index (χ1v) is 12.6. The van der Waals surface area contributed by atoms with Crippen LogP contribution in [-0.2, 0) is 6.42 Å². The van der Waals surface area contributed by atoms with Crippen LogP contribution >= 0.6 is 0 Å². The predicted molar refractivity (Wildman–Crippen MR) is 141 cm³/mol. The molecule has 40 heavy (non-hydrogen) atoms. The Labute approximate surface area is 227 Å². The summed E-state index contributed by atoms with van der Waals surface area (Å²) in [4.78, 5) is 0. The van der Waals surface area contributed by atoms with E-state index < -0.39 is 18.1 Å². The van der Waals surface area contributed by atoms with Crippen molar-refractivity contribution >= 4 is 0 Å². The summed E-state index contributed by atoms with van der Waals surface area (Å²) in [5.41, 5.74) is 2.09. The number of fused-ring (bicyclic) bond motifs is 2. The van der Waals surface area contributed by atoms with Crippen LogP contribution in [0.25, 0.3) is 0 Å². The molecule has 0 amide bonds. The van der Waals surface area contributed by atoms with Gasteiger partial charge in [0, 0.05) is 47.2 Å². The lowest BCUT2D eigenvalue weighted by atomic mass is 9.79. The van der Waals surface area contributed by atoms with Crippen LogP contribution in [-0.4, -0.2) is 40.9 Å². The SMILES string of the molecule is Oc1cc(O)c2c(c1)O[C@H](c1ccc(O)c(O)c1)CC2c1c(O)cc(O)c2c1O[C@H](c1ccc(O)c(O)c1)CC2. The summed E-state index contributed by atoms with van der Waals surface area (Å²) < 4.78 is 12.5. The zero-order valence-electron chi connectivity index (χ0n) is 20.9. The Morgan fingerprint density at radius 3 is 1.82 bits per heavy atom. The van der Waals surface area contributed by atoms with E-state index >= 15 is 0 Å². The Bertz CT molecular complexity index is 1650. The van der Waals surface area contributed by atoms with Gasteiger partial charge in [0.05, 0.1) is 0 Å². The normalized spacial score (nSPS) is 19.6. The van der Waals surface area contributed by atoms with E-state index in [0.29, 0.717) is 29.5 Å². The average molecular weight is 547 g/mol. The second-order valence-electron chi connectivity index (χ2n) is 10.0. The van der Waals surface area contributed by atoms with Crippen molar-refractivity contribution in [2.45, 2.75) is 37.4 Å². The van der Waals surface area contributed by atoms with Crippen molar-refractivity contribution in [2.24, 2.45) is 0 Å². The van der Waals surface area contributed by atoms with Crippen molar-refractivity contribution in [1.29, 1.82) is 0 Å². The van der Waals surface area contributed by atoms with Gasteiger partial charge in [0.2, 0.25) is 0 Å². The van der Waals surface area contributed by atoms with Gasteiger partial charge >= 0.3 is 0 Å². The first-order valence-electron chi connectivity index (χ1n) is 12.6. The van der Waals surface area contributed by atoms with Gasteiger partial charge in [-0.1, -0.05) is 12.1 Å². The molecule has 0 radical (unpaired) electrons. The molecule has 8 N–H and O–H groups in total. The summed E-state index contributed by atoms with van der Waals surface area (Å²) in [5.74, 6) is -2.63. The smallest absolute Gasteiger partial charge is 0.157 e. The topological polar surface area (TPSA) is 180 Å². The maximum atomic E-state index is 11.2. The minimum Gasteiger partial charge on any atom is -0.508 e. The van der Waals surface area contributed by atoms with Crippen molar-refractivity contribution in [3.8, 4) is 57.5 Å². The number of phenolic OH excluding ortho intramolecular Hbond substituents is 8. The molecule has 206 valence electrons. The summed E-state index contributed by atoms with van der Waals surface area (Å²) in [6.07, 6.45) is -0.366. The molecule has 4 aromatic carbocycles. The third kappa shape index (κ3) is 4.14. The maximum Gasteiger partial charge on any atom is 0.157 e. The van der Waals surface area contributed by atoms with Crippen LogP contribution in [0.1, 0.15) is 58.8 Å². The fraction of sp³-hybridized carbons (Fsp3) is 0.200. The molecule has 3 atom stereocenters. The van der Waals surface area contributed by atoms with Crippen molar-refractivity contribution < 1.29 is 50.3 Å². The van der Waals surface area contributed by atoms with Gasteiger partial charge in [-0.25, -0.2) is 0 Å². The highest BCUT2D eigenvalue weighted by Gasteiger charge is 2.39. The summed E-state index contributed by atoms with van der Waals surface area (Å²) in [5, 5.41) is 82.6. The molecule has 0 fully saturated rings. The summed E-state index contributed by atoms with van der Waals surface area (Å²) in [7, 11) is 0. The second kappa shape index (κ2) is 9.26. The van der Waals surface area contributed by atoms with E-state index in [1.807, 2.05) is 0 Å². The first kappa shape index (κ1) is 25.2. The van der Waals surface area contributed by atoms with Crippen LogP contribution in [0.4, 0.5) is 0 Å². The monoisotopic (exact) mass is 546 g/mol. The maximum absolute atomic E-state index is 11.2. The largest absolute Gasteiger partial charge is 0.508 e. The molecule has 2 aliphatic heterocycles. The molecule has 10 heteroatoms. The van der Waals surface area contributed by atoms with Gasteiger partial charge in [-0.15, -0.1) is 0 Å². The lowest BCUT2D eigenvalue weighted by Crippen LogP contribution is -2.23. The van der Waals surface area contributed by atoms with Gasteiger partial charge in [0.1, 0.15) is 46.7 Å². The number of rotatable bonds is 3. The molecule has 1 unspecified atom stereocenters. The van der Waals surface area contributed by atoms with Gasteiger partial charge in [0.25, 0.3) is 0 Å². The van der Waals surface area contributed by atoms with Crippen LogP contribution in [0.15, 0.2) is 54.6 Å². The summed E-state index contributed by atoms with van der Waals surface area (Å²) in [6, 6.07) is 12.3. The lowest BCUT2D eigenvalue weighted by molar-refractivity contribution is 0.153. The quantitative estimate of drug-likeness (QED) is 0.162. The molecule has 0 aliphatic carbocycles. The van der Waals surface area contributed by atoms with E-state index in [9.17, 15) is 40.9 Å². The number of hydrogen-bond acceptors (Lipinski definition) is 10. The predicted octanol–water partition coefficient (Wildman–Crippen LogP) is 5.05. The van der Waals surface area contributed by atoms with Crippen LogP contribution in [0.2, 0.25) is 0 Å². The van der Waals surface area contributed by atoms with Crippen molar-refractivity contribution in [1.82, 2.24) is 0 Å². The summed E-state index contributed by atoms with van der Waals surface area (Å²) in [6.45, 7) is 0. The molecule has 4 aromatic rings. The Kier molecular flexibility index (Phi) is 5.83. The first-order chi connectivity index (χ1) is 19.1. The van der Waals surface area contributed by atoms with E-state index in [4.69, 9.17) is 9.47 Å². The van der Waals surface area contributed by atoms with Crippen molar-refractivity contribution in [3.63, 3.8) is 0 Å². The van der Waals surface area contributed by atoms with Gasteiger partial charge in [-0.05, 0) is 48.2 Å². The Balaban J connectivity index is 1.50. The zero-order chi connectivity index (χ0) is 28.3. The highest BCUT2D eigenvalue weighted by molar-refractivity contribution is 5.65. The number of hydrogen-bond donors (Lipinski definition) is 8. The fourth-order valence-corrected chi connectivity index (χ4v) is 5.64. The standard InChI is InChI=1S/C30H26O10/c31-15-9-23(37)28-17(11-26(39-27(28)10-15)14-2-5-19(33)22(36)8-14)29-24(38)12-20(34)16-3-6-25(40-30(16)29)13-1-4-18(32)21(35)7-13/h1-2,4-5,7-10,12,17,25-26,31-38H,3,6,11H2/t17?,25-,26-/m0/s1. The fourth-order valence-electron chi connectivity index (χ4n) is 5.64. The molecule has 0 spiro atoms. The van der Waals surface area contributed by atoms with E-state index in [1.54, 1.807) is 12.1 Å². The van der Waals surface area contributed by atoms with E-state index in [2.05, 4.69) is 0 Å². The minimum atomic E-state index is -0.758. The van der Waals surface area contributed by atoms with Crippen LogP contribution in [0.5, 0.6) is 57.5 Å². The van der Waals surface area contributed by atoms with Gasteiger partial charge in [-0.3, -0.25) is 0 Å². The van der Waals surface area contributed by atoms with Crippen LogP contribution < -0.4 is 9.47 Å². The third-order valence-electron chi connectivity index (χ3n) is 7.56. The van der Waals surface area contributed by atoms with Crippen LogP contribution in [0.3, 0.4) is 0 Å². The Hall–Kier alpha value is -5.12. The van der Waals surface area contributed by atoms with Crippen LogP contribution in [0, 0.1) is 0 Å². The molecule has 0 saturated heterocycles. The molecule has 2 aliphatic rings. The average Bonchev–Trinajstić information content (AvgIpc) is 2.91. The van der Waals surface area contributed by atoms with Gasteiger partial charge in [0.15, 0.2) is 23.0 Å². The molecule has 2 heterocycles. The highest BCUT2D eigenvalue weighted by Crippen LogP contribution is 2.57. The number of phenols is 8. The Morgan fingerprint density at radius 1 is 0.550 bits per heavy atom. The molecule has 0 aromatic heterocycles. The van der Waals surface area contributed by atoms with E-state index in [-0.39, 0.29) is 75.0 Å². The molecular formula is C30H26O10. The molecule has 6 rings (SSSR count). The number of ether oxygens (including phenoxy) is 2. The molecule has 10 nitrogen and oxygen atoms in total. The van der Waals surface area contributed by atoms with E-state index in [1.165, 1.54) is 36.4 Å². The minimum absolute atomic E-state index is 0.142. The lowest BCUT2D eigenvalue weighted by Gasteiger charge is -2.36. The Morgan fingerprint density at radius 2 is 1.18 bits per heavy atom. The van der Waals surface area contributed by atoms with E-state index in [0.717, 1.165) is 6.07 Å². The molecule has 0 bridgehead atoms. The van der Waals surface area contributed by atoms with Gasteiger partial charge in [-0.2, -0.15) is 0 Å². The second-order valence-corrected chi connectivity index (χ2v) is 10.0. The molecular weight excluding hydrogens is 520 g/mol. The highest BCUT2D eigenvalue weighted by atomic mass is 16.5. The number of benzene rings is 4. The summed E-state index contributed by atoms with van der Waals surface area (Å²) >= 11 is 0. The molecule has 0 saturated carbocycles. The van der Waals surface area contributed by atoms with Crippen molar-refractivity contribution in [3.05, 3.63) is 82.4 Å². The third-order valence-corrected chi connectivity index (χ3v) is 7.56. The van der Waals surface area contributed by atoms with Gasteiger partial charge < -0.3 is 50.3 Å².